The SMILES string of the molecule is CCOC(=O)c1cccc2c1nc1ccccn12. The third kappa shape index (κ3) is 1.54. The lowest BCUT2D eigenvalue weighted by Crippen LogP contribution is -2.05. The first-order valence-corrected chi connectivity index (χ1v) is 5.84. The molecule has 0 saturated carbocycles. The Kier molecular flexibility index (Phi) is 2.48. The number of hydrogen-bond acceptors (Lipinski definition) is 3. The van der Waals surface area contributed by atoms with Gasteiger partial charge in [-0.3, -0.25) is 4.40 Å². The molecular formula is C14H12N2O2. The van der Waals surface area contributed by atoms with E-state index >= 15 is 0 Å². The molecule has 90 valence electrons. The molecule has 3 aromatic rings. The van der Waals surface area contributed by atoms with Crippen molar-refractivity contribution < 1.29 is 9.53 Å². The molecule has 4 heteroatoms. The summed E-state index contributed by atoms with van der Waals surface area (Å²) >= 11 is 0. The zero-order valence-corrected chi connectivity index (χ0v) is 9.96. The smallest absolute Gasteiger partial charge is 0.340 e. The molecular weight excluding hydrogens is 228 g/mol. The number of nitrogens with zero attached hydrogens (tertiary/aromatic N) is 2. The standard InChI is InChI=1S/C14H12N2O2/c1-2-18-14(17)10-6-5-7-11-13(10)15-12-8-3-4-9-16(11)12/h3-9H,2H2,1H3. The van der Waals surface area contributed by atoms with Crippen LogP contribution in [0.15, 0.2) is 42.6 Å². The van der Waals surface area contributed by atoms with Gasteiger partial charge in [-0.25, -0.2) is 9.78 Å². The van der Waals surface area contributed by atoms with Crippen LogP contribution < -0.4 is 0 Å². The maximum Gasteiger partial charge on any atom is 0.340 e. The highest BCUT2D eigenvalue weighted by Crippen LogP contribution is 2.20. The van der Waals surface area contributed by atoms with Crippen LogP contribution in [0.2, 0.25) is 0 Å². The Bertz CT molecular complexity index is 731. The van der Waals surface area contributed by atoms with E-state index in [1.54, 1.807) is 13.0 Å². The van der Waals surface area contributed by atoms with Gasteiger partial charge in [0.1, 0.15) is 11.2 Å². The highest BCUT2D eigenvalue weighted by molar-refractivity contribution is 6.03. The minimum atomic E-state index is -0.327. The fraction of sp³-hybridized carbons (Fsp3) is 0.143. The predicted octanol–water partition coefficient (Wildman–Crippen LogP) is 2.66. The molecule has 1 aromatic carbocycles. The second kappa shape index (κ2) is 4.14. The first-order chi connectivity index (χ1) is 8.81. The van der Waals surface area contributed by atoms with Crippen molar-refractivity contribution in [2.75, 3.05) is 6.61 Å². The Labute approximate surface area is 104 Å². The number of rotatable bonds is 2. The monoisotopic (exact) mass is 240 g/mol. The largest absolute Gasteiger partial charge is 0.462 e. The van der Waals surface area contributed by atoms with Crippen LogP contribution in [-0.4, -0.2) is 22.0 Å². The van der Waals surface area contributed by atoms with Crippen molar-refractivity contribution in [2.45, 2.75) is 6.92 Å². The molecule has 0 amide bonds. The Morgan fingerprint density at radius 3 is 3.00 bits per heavy atom. The molecule has 0 radical (unpaired) electrons. The number of fused-ring (bicyclic) bond motifs is 3. The Morgan fingerprint density at radius 1 is 1.28 bits per heavy atom. The van der Waals surface area contributed by atoms with Gasteiger partial charge in [0.25, 0.3) is 0 Å². The van der Waals surface area contributed by atoms with E-state index in [0.29, 0.717) is 17.7 Å². The number of ether oxygens (including phenoxy) is 1. The highest BCUT2D eigenvalue weighted by Gasteiger charge is 2.14. The van der Waals surface area contributed by atoms with Crippen LogP contribution in [0.1, 0.15) is 17.3 Å². The molecule has 0 aliphatic heterocycles. The van der Waals surface area contributed by atoms with Gasteiger partial charge in [-0.05, 0) is 31.2 Å². The maximum atomic E-state index is 11.9. The van der Waals surface area contributed by atoms with Crippen molar-refractivity contribution in [2.24, 2.45) is 0 Å². The van der Waals surface area contributed by atoms with Crippen molar-refractivity contribution in [3.05, 3.63) is 48.2 Å². The molecule has 0 spiro atoms. The Morgan fingerprint density at radius 2 is 2.17 bits per heavy atom. The van der Waals surface area contributed by atoms with Gasteiger partial charge >= 0.3 is 5.97 Å². The number of imidazole rings is 1. The number of esters is 1. The van der Waals surface area contributed by atoms with Gasteiger partial charge in [-0.15, -0.1) is 0 Å². The molecule has 2 heterocycles. The van der Waals surface area contributed by atoms with Gasteiger partial charge in [0, 0.05) is 6.20 Å². The third-order valence-corrected chi connectivity index (χ3v) is 2.83. The quantitative estimate of drug-likeness (QED) is 0.647. The summed E-state index contributed by atoms with van der Waals surface area (Å²) in [5.74, 6) is -0.327. The summed E-state index contributed by atoms with van der Waals surface area (Å²) in [5, 5.41) is 0. The third-order valence-electron chi connectivity index (χ3n) is 2.83. The van der Waals surface area contributed by atoms with Crippen molar-refractivity contribution >= 4 is 22.6 Å². The van der Waals surface area contributed by atoms with Crippen LogP contribution >= 0.6 is 0 Å². The molecule has 0 aliphatic carbocycles. The molecule has 0 unspecified atom stereocenters. The second-order valence-corrected chi connectivity index (χ2v) is 3.93. The zero-order chi connectivity index (χ0) is 12.5. The molecule has 0 atom stereocenters. The van der Waals surface area contributed by atoms with Crippen LogP contribution in [-0.2, 0) is 4.74 Å². The van der Waals surface area contributed by atoms with Crippen molar-refractivity contribution in [3.8, 4) is 0 Å². The topological polar surface area (TPSA) is 43.6 Å². The number of benzene rings is 1. The number of pyridine rings is 1. The summed E-state index contributed by atoms with van der Waals surface area (Å²) < 4.78 is 7.00. The number of aromatic nitrogens is 2. The van der Waals surface area contributed by atoms with E-state index in [1.165, 1.54) is 0 Å². The lowest BCUT2D eigenvalue weighted by molar-refractivity contribution is 0.0528. The summed E-state index contributed by atoms with van der Waals surface area (Å²) in [6, 6.07) is 11.3. The van der Waals surface area contributed by atoms with Gasteiger partial charge in [0.05, 0.1) is 17.7 Å². The van der Waals surface area contributed by atoms with E-state index in [1.807, 2.05) is 40.9 Å². The van der Waals surface area contributed by atoms with E-state index < -0.39 is 0 Å². The van der Waals surface area contributed by atoms with Gasteiger partial charge < -0.3 is 4.74 Å². The molecule has 2 aromatic heterocycles. The lowest BCUT2D eigenvalue weighted by Gasteiger charge is -2.01. The maximum absolute atomic E-state index is 11.9. The Hall–Kier alpha value is -2.36. The van der Waals surface area contributed by atoms with E-state index in [-0.39, 0.29) is 5.97 Å². The highest BCUT2D eigenvalue weighted by atomic mass is 16.5. The summed E-state index contributed by atoms with van der Waals surface area (Å²) in [5.41, 5.74) is 2.93. The van der Waals surface area contributed by atoms with Gasteiger partial charge in [0.2, 0.25) is 0 Å². The molecule has 18 heavy (non-hydrogen) atoms. The van der Waals surface area contributed by atoms with E-state index in [9.17, 15) is 4.79 Å². The molecule has 0 saturated heterocycles. The average molecular weight is 240 g/mol. The second-order valence-electron chi connectivity index (χ2n) is 3.93. The average Bonchev–Trinajstić information content (AvgIpc) is 2.77. The van der Waals surface area contributed by atoms with Crippen LogP contribution in [0.4, 0.5) is 0 Å². The fourth-order valence-electron chi connectivity index (χ4n) is 2.06. The minimum Gasteiger partial charge on any atom is -0.462 e. The summed E-state index contributed by atoms with van der Waals surface area (Å²) in [4.78, 5) is 16.3. The number of para-hydroxylation sites is 1. The fourth-order valence-corrected chi connectivity index (χ4v) is 2.06. The van der Waals surface area contributed by atoms with Crippen LogP contribution in [0, 0.1) is 0 Å². The first kappa shape index (κ1) is 10.8. The van der Waals surface area contributed by atoms with Gasteiger partial charge in [0.15, 0.2) is 0 Å². The minimum absolute atomic E-state index is 0.327. The molecule has 3 rings (SSSR count). The molecule has 0 N–H and O–H groups in total. The lowest BCUT2D eigenvalue weighted by atomic mass is 10.2. The van der Waals surface area contributed by atoms with Crippen molar-refractivity contribution in [1.29, 1.82) is 0 Å². The number of carbonyl (C=O) groups is 1. The van der Waals surface area contributed by atoms with Crippen LogP contribution in [0.3, 0.4) is 0 Å². The van der Waals surface area contributed by atoms with E-state index in [0.717, 1.165) is 11.2 Å². The van der Waals surface area contributed by atoms with E-state index in [2.05, 4.69) is 4.98 Å². The van der Waals surface area contributed by atoms with Gasteiger partial charge in [-0.1, -0.05) is 12.1 Å². The summed E-state index contributed by atoms with van der Waals surface area (Å²) in [6.45, 7) is 2.16. The van der Waals surface area contributed by atoms with Crippen LogP contribution in [0.25, 0.3) is 16.7 Å². The summed E-state index contributed by atoms with van der Waals surface area (Å²) in [7, 11) is 0. The normalized spacial score (nSPS) is 10.9. The molecule has 4 nitrogen and oxygen atoms in total. The Balaban J connectivity index is 2.31. The molecule has 0 bridgehead atoms. The molecule has 0 aliphatic rings. The van der Waals surface area contributed by atoms with Crippen LogP contribution in [0.5, 0.6) is 0 Å². The predicted molar refractivity (Wildman–Crippen MR) is 68.7 cm³/mol. The van der Waals surface area contributed by atoms with Crippen molar-refractivity contribution in [1.82, 2.24) is 9.38 Å². The number of hydrogen-bond donors (Lipinski definition) is 0. The number of carbonyl (C=O) groups excluding carboxylic acids is 1. The van der Waals surface area contributed by atoms with Gasteiger partial charge in [-0.2, -0.15) is 0 Å². The van der Waals surface area contributed by atoms with Crippen molar-refractivity contribution in [3.63, 3.8) is 0 Å². The first-order valence-electron chi connectivity index (χ1n) is 5.84. The summed E-state index contributed by atoms with van der Waals surface area (Å²) in [6.07, 6.45) is 1.93. The van der Waals surface area contributed by atoms with E-state index in [4.69, 9.17) is 4.74 Å². The molecule has 0 fully saturated rings. The zero-order valence-electron chi connectivity index (χ0n) is 9.96.